The first kappa shape index (κ1) is 13.2. The van der Waals surface area contributed by atoms with Crippen molar-refractivity contribution in [3.63, 3.8) is 0 Å². The monoisotopic (exact) mass is 266 g/mol. The van der Waals surface area contributed by atoms with Gasteiger partial charge in [0.25, 0.3) is 0 Å². The molecule has 0 saturated carbocycles. The van der Waals surface area contributed by atoms with Crippen LogP contribution in [0.2, 0.25) is 0 Å². The van der Waals surface area contributed by atoms with E-state index in [1.807, 2.05) is 0 Å². The van der Waals surface area contributed by atoms with Crippen LogP contribution in [0, 0.1) is 0 Å². The standard InChI is InChI=1S/C13H14O6/c1-16-9-4-7-5-11(19-13(15)18-3)12(14)8(7)6-10(9)17-2/h4,6,11H,5H2,1-3H3. The van der Waals surface area contributed by atoms with Crippen molar-refractivity contribution in [1.29, 1.82) is 0 Å². The third-order valence-corrected chi connectivity index (χ3v) is 2.98. The Labute approximate surface area is 110 Å². The highest BCUT2D eigenvalue weighted by Gasteiger charge is 2.35. The van der Waals surface area contributed by atoms with Gasteiger partial charge in [-0.3, -0.25) is 4.79 Å². The number of hydrogen-bond acceptors (Lipinski definition) is 6. The van der Waals surface area contributed by atoms with Crippen molar-refractivity contribution in [3.8, 4) is 11.5 Å². The molecule has 1 unspecified atom stereocenters. The lowest BCUT2D eigenvalue weighted by Gasteiger charge is -2.08. The van der Waals surface area contributed by atoms with Crippen molar-refractivity contribution >= 4 is 11.9 Å². The maximum Gasteiger partial charge on any atom is 0.508 e. The van der Waals surface area contributed by atoms with Gasteiger partial charge in [-0.05, 0) is 17.7 Å². The number of hydrogen-bond donors (Lipinski definition) is 0. The quantitative estimate of drug-likeness (QED) is 0.774. The highest BCUT2D eigenvalue weighted by Crippen LogP contribution is 2.35. The molecule has 1 aromatic rings. The summed E-state index contributed by atoms with van der Waals surface area (Å²) < 4.78 is 19.6. The lowest BCUT2D eigenvalue weighted by molar-refractivity contribution is 0.0359. The Hall–Kier alpha value is -2.24. The van der Waals surface area contributed by atoms with Crippen LogP contribution >= 0.6 is 0 Å². The van der Waals surface area contributed by atoms with E-state index in [1.54, 1.807) is 12.1 Å². The second-order valence-electron chi connectivity index (χ2n) is 3.99. The first-order valence-electron chi connectivity index (χ1n) is 5.64. The zero-order chi connectivity index (χ0) is 14.0. The van der Waals surface area contributed by atoms with Gasteiger partial charge in [-0.15, -0.1) is 0 Å². The van der Waals surface area contributed by atoms with E-state index in [-0.39, 0.29) is 5.78 Å². The molecular weight excluding hydrogens is 252 g/mol. The number of methoxy groups -OCH3 is 3. The highest BCUT2D eigenvalue weighted by atomic mass is 16.7. The molecule has 0 amide bonds. The second kappa shape index (κ2) is 5.17. The molecule has 1 aromatic carbocycles. The van der Waals surface area contributed by atoms with Gasteiger partial charge >= 0.3 is 6.16 Å². The molecule has 0 radical (unpaired) electrons. The summed E-state index contributed by atoms with van der Waals surface area (Å²) in [5, 5.41) is 0. The summed E-state index contributed by atoms with van der Waals surface area (Å²) in [4.78, 5) is 23.2. The number of ketones is 1. The molecule has 0 fully saturated rings. The summed E-state index contributed by atoms with van der Waals surface area (Å²) in [5.41, 5.74) is 1.24. The van der Waals surface area contributed by atoms with Crippen molar-refractivity contribution in [3.05, 3.63) is 23.3 Å². The molecule has 0 saturated heterocycles. The molecule has 1 aliphatic carbocycles. The SMILES string of the molecule is COC(=O)OC1Cc2cc(OC)c(OC)cc2C1=O. The fourth-order valence-corrected chi connectivity index (χ4v) is 2.04. The number of carbonyl (C=O) groups excluding carboxylic acids is 2. The molecule has 6 heteroatoms. The number of carbonyl (C=O) groups is 2. The summed E-state index contributed by atoms with van der Waals surface area (Å²) >= 11 is 0. The summed E-state index contributed by atoms with van der Waals surface area (Å²) in [7, 11) is 4.20. The van der Waals surface area contributed by atoms with E-state index in [2.05, 4.69) is 4.74 Å². The van der Waals surface area contributed by atoms with E-state index in [1.165, 1.54) is 21.3 Å². The smallest absolute Gasteiger partial charge is 0.493 e. The van der Waals surface area contributed by atoms with Crippen LogP contribution in [-0.4, -0.2) is 39.4 Å². The Balaban J connectivity index is 2.30. The number of rotatable bonds is 3. The van der Waals surface area contributed by atoms with Crippen molar-refractivity contribution in [2.75, 3.05) is 21.3 Å². The van der Waals surface area contributed by atoms with Crippen LogP contribution in [0.1, 0.15) is 15.9 Å². The minimum Gasteiger partial charge on any atom is -0.493 e. The average Bonchev–Trinajstić information content (AvgIpc) is 2.73. The van der Waals surface area contributed by atoms with Crippen molar-refractivity contribution in [2.24, 2.45) is 0 Å². The molecule has 1 atom stereocenters. The van der Waals surface area contributed by atoms with Crippen LogP contribution in [0.4, 0.5) is 4.79 Å². The molecular formula is C13H14O6. The number of benzene rings is 1. The van der Waals surface area contributed by atoms with E-state index in [4.69, 9.17) is 14.2 Å². The minimum absolute atomic E-state index is 0.263. The maximum atomic E-state index is 12.1. The summed E-state index contributed by atoms with van der Waals surface area (Å²) in [6, 6.07) is 3.31. The Kier molecular flexibility index (Phi) is 3.59. The second-order valence-corrected chi connectivity index (χ2v) is 3.99. The normalized spacial score (nSPS) is 16.8. The van der Waals surface area contributed by atoms with Crippen LogP contribution in [0.25, 0.3) is 0 Å². The van der Waals surface area contributed by atoms with Crippen LogP contribution in [-0.2, 0) is 15.9 Å². The third kappa shape index (κ3) is 2.33. The predicted molar refractivity (Wildman–Crippen MR) is 64.9 cm³/mol. The first-order chi connectivity index (χ1) is 9.10. The van der Waals surface area contributed by atoms with Gasteiger partial charge in [0, 0.05) is 12.0 Å². The van der Waals surface area contributed by atoms with E-state index >= 15 is 0 Å². The van der Waals surface area contributed by atoms with Crippen LogP contribution in [0.15, 0.2) is 12.1 Å². The zero-order valence-electron chi connectivity index (χ0n) is 10.9. The van der Waals surface area contributed by atoms with E-state index in [9.17, 15) is 9.59 Å². The molecule has 0 aromatic heterocycles. The minimum atomic E-state index is -0.870. The lowest BCUT2D eigenvalue weighted by Crippen LogP contribution is -2.23. The van der Waals surface area contributed by atoms with Gasteiger partial charge < -0.3 is 18.9 Å². The van der Waals surface area contributed by atoms with Crippen LogP contribution in [0.5, 0.6) is 11.5 Å². The van der Waals surface area contributed by atoms with E-state index in [0.717, 1.165) is 5.56 Å². The summed E-state index contributed by atoms with van der Waals surface area (Å²) in [6.45, 7) is 0. The van der Waals surface area contributed by atoms with Gasteiger partial charge in [-0.1, -0.05) is 0 Å². The molecule has 102 valence electrons. The van der Waals surface area contributed by atoms with Crippen molar-refractivity contribution in [2.45, 2.75) is 12.5 Å². The van der Waals surface area contributed by atoms with Gasteiger partial charge in [0.2, 0.25) is 5.78 Å². The number of Topliss-reactive ketones (excluding diaryl/α,β-unsaturated/α-hetero) is 1. The maximum absolute atomic E-state index is 12.1. The number of ether oxygens (including phenoxy) is 4. The van der Waals surface area contributed by atoms with Gasteiger partial charge in [0.1, 0.15) is 0 Å². The molecule has 0 bridgehead atoms. The largest absolute Gasteiger partial charge is 0.508 e. The van der Waals surface area contributed by atoms with Crippen LogP contribution in [0.3, 0.4) is 0 Å². The van der Waals surface area contributed by atoms with Crippen LogP contribution < -0.4 is 9.47 Å². The third-order valence-electron chi connectivity index (χ3n) is 2.98. The fourth-order valence-electron chi connectivity index (χ4n) is 2.04. The van der Waals surface area contributed by atoms with Gasteiger partial charge in [0.05, 0.1) is 21.3 Å². The Morgan fingerprint density at radius 2 is 1.79 bits per heavy atom. The highest BCUT2D eigenvalue weighted by molar-refractivity contribution is 6.05. The number of fused-ring (bicyclic) bond motifs is 1. The molecule has 0 N–H and O–H groups in total. The Bertz CT molecular complexity index is 522. The molecule has 0 spiro atoms. The summed E-state index contributed by atoms with van der Waals surface area (Å²) in [5.74, 6) is 0.738. The summed E-state index contributed by atoms with van der Waals surface area (Å²) in [6.07, 6.45) is -1.41. The molecule has 1 aliphatic rings. The Morgan fingerprint density at radius 1 is 1.16 bits per heavy atom. The van der Waals surface area contributed by atoms with Gasteiger partial charge in [-0.25, -0.2) is 4.79 Å². The van der Waals surface area contributed by atoms with Crippen molar-refractivity contribution in [1.82, 2.24) is 0 Å². The molecule has 2 rings (SSSR count). The Morgan fingerprint density at radius 3 is 2.37 bits per heavy atom. The predicted octanol–water partition coefficient (Wildman–Crippen LogP) is 1.59. The van der Waals surface area contributed by atoms with E-state index in [0.29, 0.717) is 23.5 Å². The molecule has 6 nitrogen and oxygen atoms in total. The molecule has 0 aliphatic heterocycles. The fraction of sp³-hybridized carbons (Fsp3) is 0.385. The topological polar surface area (TPSA) is 71.1 Å². The molecule has 19 heavy (non-hydrogen) atoms. The lowest BCUT2D eigenvalue weighted by atomic mass is 10.1. The molecule has 0 heterocycles. The van der Waals surface area contributed by atoms with Gasteiger partial charge in [-0.2, -0.15) is 0 Å². The van der Waals surface area contributed by atoms with E-state index < -0.39 is 12.3 Å². The average molecular weight is 266 g/mol. The zero-order valence-corrected chi connectivity index (χ0v) is 10.9. The van der Waals surface area contributed by atoms with Gasteiger partial charge in [0.15, 0.2) is 17.6 Å². The van der Waals surface area contributed by atoms with Crippen molar-refractivity contribution < 1.29 is 28.5 Å². The first-order valence-corrected chi connectivity index (χ1v) is 5.64.